The minimum absolute atomic E-state index is 0.0318. The molecule has 1 N–H and O–H groups in total. The summed E-state index contributed by atoms with van der Waals surface area (Å²) >= 11 is 0. The second-order valence-electron chi connectivity index (χ2n) is 6.11. The molecule has 3 rings (SSSR count). The normalized spacial score (nSPS) is 11.6. The number of amides is 1. The molecule has 0 aliphatic heterocycles. The van der Waals surface area contributed by atoms with Gasteiger partial charge in [0, 0.05) is 11.6 Å². The highest BCUT2D eigenvalue weighted by Gasteiger charge is 2.21. The predicted molar refractivity (Wildman–Crippen MR) is 96.4 cm³/mol. The molecule has 0 atom stereocenters. The molecule has 0 aliphatic carbocycles. The van der Waals surface area contributed by atoms with Crippen molar-refractivity contribution in [3.8, 4) is 11.5 Å². The molecule has 0 radical (unpaired) electrons. The molecule has 0 fully saturated rings. The van der Waals surface area contributed by atoms with Gasteiger partial charge >= 0.3 is 6.01 Å². The third-order valence-corrected chi connectivity index (χ3v) is 6.00. The van der Waals surface area contributed by atoms with Crippen LogP contribution in [-0.2, 0) is 9.84 Å². The lowest BCUT2D eigenvalue weighted by molar-refractivity contribution is 0.102. The number of sulfone groups is 1. The number of carbonyl (C=O) groups is 1. The third-order valence-electron chi connectivity index (χ3n) is 3.85. The van der Waals surface area contributed by atoms with Gasteiger partial charge in [-0.1, -0.05) is 11.2 Å². The van der Waals surface area contributed by atoms with Gasteiger partial charge in [0.15, 0.2) is 9.84 Å². The molecule has 1 heterocycles. The maximum Gasteiger partial charge on any atom is 0.322 e. The van der Waals surface area contributed by atoms with Crippen molar-refractivity contribution in [2.24, 2.45) is 0 Å². The molecule has 0 saturated carbocycles. The zero-order valence-corrected chi connectivity index (χ0v) is 15.6. The maximum atomic E-state index is 13.7. The summed E-state index contributed by atoms with van der Waals surface area (Å²) < 4.78 is 56.5. The number of nitrogens with zero attached hydrogens (tertiary/aromatic N) is 2. The molecule has 1 aromatic heterocycles. The van der Waals surface area contributed by atoms with Gasteiger partial charge in [0.05, 0.1) is 15.7 Å². The number of hydrogen-bond donors (Lipinski definition) is 1. The van der Waals surface area contributed by atoms with Gasteiger partial charge in [0.2, 0.25) is 5.89 Å². The van der Waals surface area contributed by atoms with Crippen LogP contribution in [-0.4, -0.2) is 29.8 Å². The van der Waals surface area contributed by atoms with E-state index in [1.165, 1.54) is 18.2 Å². The van der Waals surface area contributed by atoms with Crippen molar-refractivity contribution >= 4 is 21.8 Å². The molecule has 28 heavy (non-hydrogen) atoms. The Morgan fingerprint density at radius 1 is 1.11 bits per heavy atom. The average molecular weight is 407 g/mol. The minimum atomic E-state index is -3.50. The molecule has 0 aliphatic rings. The number of aromatic nitrogens is 2. The van der Waals surface area contributed by atoms with Crippen molar-refractivity contribution < 1.29 is 26.4 Å². The van der Waals surface area contributed by atoms with Crippen molar-refractivity contribution in [3.05, 3.63) is 59.7 Å². The van der Waals surface area contributed by atoms with Crippen molar-refractivity contribution in [3.63, 3.8) is 0 Å². The summed E-state index contributed by atoms with van der Waals surface area (Å²) in [5.74, 6) is -2.78. The number of carbonyl (C=O) groups excluding carboxylic acids is 1. The molecule has 0 unspecified atom stereocenters. The SMILES string of the molecule is CC(C)S(=O)(=O)c1cccc(-c2nnc(NC(=O)c3ccc(F)cc3F)o2)c1. The smallest absolute Gasteiger partial charge is 0.322 e. The summed E-state index contributed by atoms with van der Waals surface area (Å²) in [5, 5.41) is 9.00. The Morgan fingerprint density at radius 2 is 1.86 bits per heavy atom. The lowest BCUT2D eigenvalue weighted by Crippen LogP contribution is -2.14. The Bertz CT molecular complexity index is 1140. The Hall–Kier alpha value is -3.14. The molecular weight excluding hydrogens is 392 g/mol. The predicted octanol–water partition coefficient (Wildman–Crippen LogP) is 3.45. The molecule has 1 amide bonds. The molecule has 10 heteroatoms. The largest absolute Gasteiger partial charge is 0.403 e. The third kappa shape index (κ3) is 3.91. The highest BCUT2D eigenvalue weighted by molar-refractivity contribution is 7.92. The second kappa shape index (κ2) is 7.47. The fourth-order valence-corrected chi connectivity index (χ4v) is 3.41. The molecule has 146 valence electrons. The maximum absolute atomic E-state index is 13.7. The molecule has 7 nitrogen and oxygen atoms in total. The van der Waals surface area contributed by atoms with Crippen LogP contribution < -0.4 is 5.32 Å². The number of hydrogen-bond acceptors (Lipinski definition) is 6. The standard InChI is InChI=1S/C18H15F2N3O4S/c1-10(2)28(25,26)13-5-3-4-11(8-13)17-22-23-18(27-17)21-16(24)14-7-6-12(19)9-15(14)20/h3-10H,1-2H3,(H,21,23,24). The quantitative estimate of drug-likeness (QED) is 0.695. The van der Waals surface area contributed by atoms with Gasteiger partial charge in [-0.2, -0.15) is 0 Å². The van der Waals surface area contributed by atoms with E-state index in [1.54, 1.807) is 19.9 Å². The van der Waals surface area contributed by atoms with E-state index in [2.05, 4.69) is 15.5 Å². The Kier molecular flexibility index (Phi) is 5.23. The van der Waals surface area contributed by atoms with Crippen LogP contribution in [0.3, 0.4) is 0 Å². The van der Waals surface area contributed by atoms with E-state index in [-0.39, 0.29) is 16.8 Å². The Balaban J connectivity index is 1.84. The number of anilines is 1. The summed E-state index contributed by atoms with van der Waals surface area (Å²) in [6, 6.07) is 8.12. The van der Waals surface area contributed by atoms with Gasteiger partial charge in [-0.05, 0) is 44.2 Å². The van der Waals surface area contributed by atoms with E-state index < -0.39 is 38.2 Å². The summed E-state index contributed by atoms with van der Waals surface area (Å²) in [4.78, 5) is 12.2. The van der Waals surface area contributed by atoms with Crippen molar-refractivity contribution in [1.82, 2.24) is 10.2 Å². The first-order chi connectivity index (χ1) is 13.2. The molecular formula is C18H15F2N3O4S. The Labute approximate surface area is 159 Å². The fourth-order valence-electron chi connectivity index (χ4n) is 2.31. The first-order valence-corrected chi connectivity index (χ1v) is 9.67. The number of halogens is 2. The number of rotatable bonds is 5. The van der Waals surface area contributed by atoms with Gasteiger partial charge in [-0.25, -0.2) is 17.2 Å². The highest BCUT2D eigenvalue weighted by Crippen LogP contribution is 2.25. The van der Waals surface area contributed by atoms with Crippen LogP contribution >= 0.6 is 0 Å². The second-order valence-corrected chi connectivity index (χ2v) is 8.62. The molecule has 2 aromatic carbocycles. The first kappa shape index (κ1) is 19.6. The zero-order chi connectivity index (χ0) is 20.5. The van der Waals surface area contributed by atoms with Crippen LogP contribution in [0.15, 0.2) is 51.8 Å². The van der Waals surface area contributed by atoms with E-state index in [0.29, 0.717) is 11.6 Å². The van der Waals surface area contributed by atoms with Gasteiger partial charge in [0.25, 0.3) is 5.91 Å². The number of benzene rings is 2. The van der Waals surface area contributed by atoms with Gasteiger partial charge in [0.1, 0.15) is 11.6 Å². The van der Waals surface area contributed by atoms with E-state index in [1.807, 2.05) is 0 Å². The summed E-state index contributed by atoms with van der Waals surface area (Å²) in [5.41, 5.74) is -0.0612. The lowest BCUT2D eigenvalue weighted by Gasteiger charge is -2.08. The molecule has 3 aromatic rings. The van der Waals surface area contributed by atoms with E-state index in [4.69, 9.17) is 4.42 Å². The van der Waals surface area contributed by atoms with Crippen LogP contribution in [0.25, 0.3) is 11.5 Å². The number of nitrogens with one attached hydrogen (secondary N) is 1. The van der Waals surface area contributed by atoms with E-state index in [0.717, 1.165) is 12.1 Å². The average Bonchev–Trinajstić information content (AvgIpc) is 3.10. The lowest BCUT2D eigenvalue weighted by atomic mass is 10.2. The van der Waals surface area contributed by atoms with E-state index >= 15 is 0 Å². The first-order valence-electron chi connectivity index (χ1n) is 8.12. The van der Waals surface area contributed by atoms with Crippen LogP contribution in [0.5, 0.6) is 0 Å². The molecule has 0 bridgehead atoms. The van der Waals surface area contributed by atoms with Crippen LogP contribution in [0.2, 0.25) is 0 Å². The van der Waals surface area contributed by atoms with Crippen molar-refractivity contribution in [2.75, 3.05) is 5.32 Å². The van der Waals surface area contributed by atoms with Crippen molar-refractivity contribution in [2.45, 2.75) is 24.0 Å². The zero-order valence-electron chi connectivity index (χ0n) is 14.8. The van der Waals surface area contributed by atoms with Gasteiger partial charge < -0.3 is 4.42 Å². The van der Waals surface area contributed by atoms with E-state index in [9.17, 15) is 22.0 Å². The summed E-state index contributed by atoms with van der Waals surface area (Å²) in [6.07, 6.45) is 0. The van der Waals surface area contributed by atoms with Crippen LogP contribution in [0.4, 0.5) is 14.8 Å². The topological polar surface area (TPSA) is 102 Å². The van der Waals surface area contributed by atoms with Crippen molar-refractivity contribution in [1.29, 1.82) is 0 Å². The summed E-state index contributed by atoms with van der Waals surface area (Å²) in [6.45, 7) is 3.13. The highest BCUT2D eigenvalue weighted by atomic mass is 32.2. The minimum Gasteiger partial charge on any atom is -0.403 e. The monoisotopic (exact) mass is 407 g/mol. The van der Waals surface area contributed by atoms with Gasteiger partial charge in [-0.3, -0.25) is 10.1 Å². The fraction of sp³-hybridized carbons (Fsp3) is 0.167. The van der Waals surface area contributed by atoms with Crippen LogP contribution in [0, 0.1) is 11.6 Å². The summed E-state index contributed by atoms with van der Waals surface area (Å²) in [7, 11) is -3.50. The van der Waals surface area contributed by atoms with Crippen LogP contribution in [0.1, 0.15) is 24.2 Å². The Morgan fingerprint density at radius 3 is 2.54 bits per heavy atom. The van der Waals surface area contributed by atoms with Gasteiger partial charge in [-0.15, -0.1) is 5.10 Å². The molecule has 0 spiro atoms. The molecule has 0 saturated heterocycles.